The molecule has 3 heterocycles. The smallest absolute Gasteiger partial charge is 0.324 e. The van der Waals surface area contributed by atoms with E-state index in [1.165, 1.54) is 43.6 Å². The number of carbonyl (C=O) groups excluding carboxylic acids is 1. The van der Waals surface area contributed by atoms with Crippen molar-refractivity contribution < 1.29 is 9.21 Å². The zero-order chi connectivity index (χ0) is 19.9. The van der Waals surface area contributed by atoms with E-state index in [0.29, 0.717) is 12.4 Å². The van der Waals surface area contributed by atoms with E-state index in [-0.39, 0.29) is 12.0 Å². The van der Waals surface area contributed by atoms with E-state index in [9.17, 15) is 4.79 Å². The number of thiophene rings is 1. The summed E-state index contributed by atoms with van der Waals surface area (Å²) in [6.07, 6.45) is 5.23. The summed E-state index contributed by atoms with van der Waals surface area (Å²) >= 11 is 1.66. The maximum absolute atomic E-state index is 12.0. The molecule has 1 aliphatic heterocycles. The van der Waals surface area contributed by atoms with Crippen LogP contribution in [0.25, 0.3) is 10.8 Å². The van der Waals surface area contributed by atoms with E-state index >= 15 is 0 Å². The second-order valence-electron chi connectivity index (χ2n) is 7.16. The highest BCUT2D eigenvalue weighted by atomic mass is 32.1. The fraction of sp³-hybridized carbons (Fsp3) is 0.381. The Balaban J connectivity index is 1.30. The Labute approximate surface area is 174 Å². The van der Waals surface area contributed by atoms with Crippen LogP contribution in [0.4, 0.5) is 10.8 Å². The topological polar surface area (TPSA) is 83.3 Å². The number of nitrogens with one attached hydrogen (secondary N) is 2. The summed E-state index contributed by atoms with van der Waals surface area (Å²) in [7, 11) is 0. The molecule has 152 valence electrons. The summed E-state index contributed by atoms with van der Waals surface area (Å²) in [6.45, 7) is 3.73. The third-order valence-corrected chi connectivity index (χ3v) is 5.95. The molecule has 7 nitrogen and oxygen atoms in total. The predicted molar refractivity (Wildman–Crippen MR) is 114 cm³/mol. The van der Waals surface area contributed by atoms with Gasteiger partial charge < -0.3 is 9.73 Å². The molecule has 1 fully saturated rings. The average Bonchev–Trinajstić information content (AvgIpc) is 3.31. The van der Waals surface area contributed by atoms with Gasteiger partial charge in [-0.15, -0.1) is 16.4 Å². The second kappa shape index (κ2) is 9.67. The fourth-order valence-corrected chi connectivity index (χ4v) is 4.36. The van der Waals surface area contributed by atoms with Crippen molar-refractivity contribution in [2.24, 2.45) is 0 Å². The van der Waals surface area contributed by atoms with Crippen LogP contribution >= 0.6 is 11.3 Å². The molecule has 1 aromatic carbocycles. The first-order valence-electron chi connectivity index (χ1n) is 10.00. The van der Waals surface area contributed by atoms with Crippen molar-refractivity contribution in [2.75, 3.05) is 18.4 Å². The number of rotatable bonds is 6. The highest BCUT2D eigenvalue weighted by Gasteiger charge is 2.15. The van der Waals surface area contributed by atoms with Crippen LogP contribution in [0.5, 0.6) is 0 Å². The van der Waals surface area contributed by atoms with Gasteiger partial charge in [-0.1, -0.05) is 48.3 Å². The summed E-state index contributed by atoms with van der Waals surface area (Å²) in [5.74, 6) is 0.426. The second-order valence-corrected chi connectivity index (χ2v) is 8.33. The minimum atomic E-state index is -0.378. The van der Waals surface area contributed by atoms with Crippen molar-refractivity contribution in [2.45, 2.75) is 38.8 Å². The summed E-state index contributed by atoms with van der Waals surface area (Å²) in [6, 6.07) is 13.5. The molecule has 0 aliphatic carbocycles. The lowest BCUT2D eigenvalue weighted by atomic mass is 10.2. The number of aromatic nitrogens is 2. The first-order valence-corrected chi connectivity index (χ1v) is 10.8. The third kappa shape index (κ3) is 5.65. The van der Waals surface area contributed by atoms with Crippen LogP contribution in [0.1, 0.15) is 36.1 Å². The van der Waals surface area contributed by atoms with Crippen molar-refractivity contribution in [1.82, 2.24) is 20.4 Å². The largest absolute Gasteiger partial charge is 0.402 e. The van der Waals surface area contributed by atoms with E-state index < -0.39 is 0 Å². The normalized spacial score (nSPS) is 15.0. The molecule has 1 saturated heterocycles. The molecule has 2 N–H and O–H groups in total. The van der Waals surface area contributed by atoms with Crippen LogP contribution in [-0.2, 0) is 13.1 Å². The number of nitrogens with zero attached hydrogens (tertiary/aromatic N) is 3. The van der Waals surface area contributed by atoms with Gasteiger partial charge in [0.15, 0.2) is 0 Å². The van der Waals surface area contributed by atoms with Gasteiger partial charge in [0, 0.05) is 18.0 Å². The Hall–Kier alpha value is -2.71. The summed E-state index contributed by atoms with van der Waals surface area (Å²) in [4.78, 5) is 16.8. The van der Waals surface area contributed by atoms with Crippen molar-refractivity contribution in [3.8, 4) is 10.8 Å². The van der Waals surface area contributed by atoms with Crippen LogP contribution in [0.15, 0.2) is 46.9 Å². The number of hydrogen-bond acceptors (Lipinski definition) is 6. The van der Waals surface area contributed by atoms with Crippen LogP contribution < -0.4 is 10.6 Å². The number of benzene rings is 1. The summed E-state index contributed by atoms with van der Waals surface area (Å²) < 4.78 is 5.62. The van der Waals surface area contributed by atoms with Crippen LogP contribution in [0.2, 0.25) is 0 Å². The Morgan fingerprint density at radius 2 is 1.83 bits per heavy atom. The van der Waals surface area contributed by atoms with Gasteiger partial charge in [0.05, 0.1) is 4.88 Å². The minimum Gasteiger partial charge on any atom is -0.402 e. The highest BCUT2D eigenvalue weighted by molar-refractivity contribution is 7.15. The molecule has 29 heavy (non-hydrogen) atoms. The zero-order valence-electron chi connectivity index (χ0n) is 16.3. The van der Waals surface area contributed by atoms with E-state index in [1.807, 2.05) is 36.4 Å². The standard InChI is InChI=1S/C21H25N5O2S/c27-20(22-14-16-8-4-3-5-9-16)23-21-25-24-19(28-21)18-11-10-17(29-18)15-26-12-6-1-2-7-13-26/h3-5,8-11H,1-2,6-7,12-15H2,(H2,22,23,25,27). The SMILES string of the molecule is O=C(NCc1ccccc1)Nc1nnc(-c2ccc(CN3CCCCCC3)s2)o1. The number of carbonyl (C=O) groups is 1. The molecule has 0 unspecified atom stereocenters. The number of amides is 2. The molecular formula is C21H25N5O2S. The van der Waals surface area contributed by atoms with Crippen molar-refractivity contribution >= 4 is 23.4 Å². The van der Waals surface area contributed by atoms with Gasteiger partial charge in [0.2, 0.25) is 0 Å². The first kappa shape index (κ1) is 19.6. The zero-order valence-corrected chi connectivity index (χ0v) is 17.1. The molecule has 0 saturated carbocycles. The van der Waals surface area contributed by atoms with Crippen LogP contribution in [0.3, 0.4) is 0 Å². The van der Waals surface area contributed by atoms with Gasteiger partial charge in [-0.3, -0.25) is 10.2 Å². The van der Waals surface area contributed by atoms with Gasteiger partial charge in [-0.05, 0) is 43.6 Å². The Morgan fingerprint density at radius 1 is 1.03 bits per heavy atom. The summed E-state index contributed by atoms with van der Waals surface area (Å²) in [5.41, 5.74) is 1.02. The molecule has 2 amide bonds. The lowest BCUT2D eigenvalue weighted by Gasteiger charge is -2.18. The lowest BCUT2D eigenvalue weighted by Crippen LogP contribution is -2.28. The minimum absolute atomic E-state index is 0.0908. The highest BCUT2D eigenvalue weighted by Crippen LogP contribution is 2.29. The van der Waals surface area contributed by atoms with Gasteiger partial charge in [0.25, 0.3) is 5.89 Å². The van der Waals surface area contributed by atoms with E-state index in [2.05, 4.69) is 31.8 Å². The van der Waals surface area contributed by atoms with Crippen molar-refractivity contribution in [3.05, 3.63) is 52.9 Å². The number of urea groups is 1. The predicted octanol–water partition coefficient (Wildman–Crippen LogP) is 4.50. The van der Waals surface area contributed by atoms with Crippen LogP contribution in [0, 0.1) is 0 Å². The first-order chi connectivity index (χ1) is 14.3. The third-order valence-electron chi connectivity index (χ3n) is 4.89. The Bertz CT molecular complexity index is 916. The van der Waals surface area contributed by atoms with E-state index in [0.717, 1.165) is 17.0 Å². The van der Waals surface area contributed by atoms with E-state index in [1.54, 1.807) is 11.3 Å². The maximum Gasteiger partial charge on any atom is 0.324 e. The maximum atomic E-state index is 12.0. The quantitative estimate of drug-likeness (QED) is 0.624. The van der Waals surface area contributed by atoms with Gasteiger partial charge >= 0.3 is 12.0 Å². The lowest BCUT2D eigenvalue weighted by molar-refractivity contribution is 0.251. The van der Waals surface area contributed by atoms with E-state index in [4.69, 9.17) is 4.42 Å². The van der Waals surface area contributed by atoms with Crippen molar-refractivity contribution in [3.63, 3.8) is 0 Å². The molecule has 2 aromatic heterocycles. The Kier molecular flexibility index (Phi) is 6.53. The van der Waals surface area contributed by atoms with Crippen molar-refractivity contribution in [1.29, 1.82) is 0 Å². The average molecular weight is 412 g/mol. The fourth-order valence-electron chi connectivity index (χ4n) is 3.39. The van der Waals surface area contributed by atoms with Crippen LogP contribution in [-0.4, -0.2) is 34.2 Å². The molecule has 0 atom stereocenters. The number of anilines is 1. The molecule has 0 radical (unpaired) electrons. The molecular weight excluding hydrogens is 386 g/mol. The molecule has 8 heteroatoms. The Morgan fingerprint density at radius 3 is 2.62 bits per heavy atom. The van der Waals surface area contributed by atoms with Gasteiger partial charge in [0.1, 0.15) is 0 Å². The molecule has 4 rings (SSSR count). The van der Waals surface area contributed by atoms with Gasteiger partial charge in [-0.2, -0.15) is 0 Å². The monoisotopic (exact) mass is 411 g/mol. The number of likely N-dealkylation sites (tertiary alicyclic amines) is 1. The molecule has 1 aliphatic rings. The molecule has 0 bridgehead atoms. The summed E-state index contributed by atoms with van der Waals surface area (Å²) in [5, 5.41) is 13.4. The molecule has 3 aromatic rings. The molecule has 0 spiro atoms. The number of hydrogen-bond donors (Lipinski definition) is 2. The van der Waals surface area contributed by atoms with Gasteiger partial charge in [-0.25, -0.2) is 4.79 Å².